The van der Waals surface area contributed by atoms with E-state index in [1.807, 2.05) is 0 Å². The second-order valence-corrected chi connectivity index (χ2v) is 4.89. The first-order valence-corrected chi connectivity index (χ1v) is 6.72. The topological polar surface area (TPSA) is 61.5 Å². The first-order chi connectivity index (χ1) is 8.66. The number of Topliss-reactive ketones (excluding diaryl/α,β-unsaturated/α-hetero) is 1. The molecule has 0 amide bonds. The highest BCUT2D eigenvalue weighted by molar-refractivity contribution is 5.96. The smallest absolute Gasteiger partial charge is 0.161 e. The van der Waals surface area contributed by atoms with Crippen LogP contribution in [0.1, 0.15) is 26.2 Å². The average Bonchev–Trinajstić information content (AvgIpc) is 2.31. The highest BCUT2D eigenvalue weighted by atomic mass is 16.5. The van der Waals surface area contributed by atoms with E-state index in [0.717, 1.165) is 19.3 Å². The molecule has 1 aliphatic carbocycles. The fraction of sp³-hybridized carbons (Fsp3) is 0.786. The Labute approximate surface area is 110 Å². The highest BCUT2D eigenvalue weighted by Crippen LogP contribution is 2.38. The molecule has 0 radical (unpaired) electrons. The Kier molecular flexibility index (Phi) is 7.16. The van der Waals surface area contributed by atoms with Gasteiger partial charge < -0.3 is 15.2 Å². The summed E-state index contributed by atoms with van der Waals surface area (Å²) in [5.41, 5.74) is 5.98. The van der Waals surface area contributed by atoms with E-state index in [1.54, 1.807) is 6.92 Å². The second-order valence-electron chi connectivity index (χ2n) is 4.89. The van der Waals surface area contributed by atoms with Crippen LogP contribution < -0.4 is 5.73 Å². The maximum Gasteiger partial charge on any atom is 0.161 e. The first-order valence-electron chi connectivity index (χ1n) is 6.72. The molecular formula is C14H25NO3. The summed E-state index contributed by atoms with van der Waals surface area (Å²) in [6, 6.07) is 0. The molecule has 2 atom stereocenters. The second kappa shape index (κ2) is 8.40. The summed E-state index contributed by atoms with van der Waals surface area (Å²) in [7, 11) is 0. The quantitative estimate of drug-likeness (QED) is 0.475. The Morgan fingerprint density at radius 2 is 1.89 bits per heavy atom. The third-order valence-corrected chi connectivity index (χ3v) is 3.44. The standard InChI is InChI=1S/C14H25NO3/c1-11(2)14(16)13-4-3-12(13)5-7-17-9-10-18-8-6-15/h12-13H,1,3-10,15H2,2H3. The lowest BCUT2D eigenvalue weighted by Gasteiger charge is -2.35. The molecular weight excluding hydrogens is 230 g/mol. The van der Waals surface area contributed by atoms with Gasteiger partial charge in [0.1, 0.15) is 0 Å². The van der Waals surface area contributed by atoms with Gasteiger partial charge in [0.25, 0.3) is 0 Å². The zero-order chi connectivity index (χ0) is 13.4. The van der Waals surface area contributed by atoms with E-state index in [0.29, 0.717) is 44.5 Å². The van der Waals surface area contributed by atoms with Crippen molar-refractivity contribution in [2.24, 2.45) is 17.6 Å². The van der Waals surface area contributed by atoms with Gasteiger partial charge in [-0.15, -0.1) is 0 Å². The van der Waals surface area contributed by atoms with Gasteiger partial charge in [-0.2, -0.15) is 0 Å². The summed E-state index contributed by atoms with van der Waals surface area (Å²) < 4.78 is 10.7. The SMILES string of the molecule is C=C(C)C(=O)C1CCC1CCOCCOCCN. The zero-order valence-corrected chi connectivity index (χ0v) is 11.3. The van der Waals surface area contributed by atoms with Crippen LogP contribution in [0.3, 0.4) is 0 Å². The summed E-state index contributed by atoms with van der Waals surface area (Å²) in [4.78, 5) is 11.8. The lowest BCUT2D eigenvalue weighted by atomic mass is 9.69. The largest absolute Gasteiger partial charge is 0.379 e. The summed E-state index contributed by atoms with van der Waals surface area (Å²) >= 11 is 0. The maximum absolute atomic E-state index is 11.8. The number of allylic oxidation sites excluding steroid dienone is 1. The third kappa shape index (κ3) is 4.88. The van der Waals surface area contributed by atoms with Gasteiger partial charge in [0, 0.05) is 19.1 Å². The third-order valence-electron chi connectivity index (χ3n) is 3.44. The van der Waals surface area contributed by atoms with E-state index in [-0.39, 0.29) is 11.7 Å². The number of hydrogen-bond acceptors (Lipinski definition) is 4. The first kappa shape index (κ1) is 15.3. The minimum Gasteiger partial charge on any atom is -0.379 e. The van der Waals surface area contributed by atoms with Gasteiger partial charge in [0.05, 0.1) is 19.8 Å². The number of hydrogen-bond donors (Lipinski definition) is 1. The lowest BCUT2D eigenvalue weighted by Crippen LogP contribution is -2.34. The molecule has 1 fully saturated rings. The van der Waals surface area contributed by atoms with Gasteiger partial charge >= 0.3 is 0 Å². The van der Waals surface area contributed by atoms with Gasteiger partial charge in [0.2, 0.25) is 0 Å². The van der Waals surface area contributed by atoms with Gasteiger partial charge in [0.15, 0.2) is 5.78 Å². The van der Waals surface area contributed by atoms with Crippen LogP contribution in [0.5, 0.6) is 0 Å². The Morgan fingerprint density at radius 3 is 2.39 bits per heavy atom. The minimum absolute atomic E-state index is 0.194. The van der Waals surface area contributed by atoms with Gasteiger partial charge in [-0.05, 0) is 37.7 Å². The zero-order valence-electron chi connectivity index (χ0n) is 11.3. The number of carbonyl (C=O) groups is 1. The number of nitrogens with two attached hydrogens (primary N) is 1. The van der Waals surface area contributed by atoms with Crippen LogP contribution in [-0.4, -0.2) is 38.8 Å². The molecule has 104 valence electrons. The van der Waals surface area contributed by atoms with Crippen molar-refractivity contribution < 1.29 is 14.3 Å². The van der Waals surface area contributed by atoms with Crippen LogP contribution in [0.2, 0.25) is 0 Å². The molecule has 18 heavy (non-hydrogen) atoms. The van der Waals surface area contributed by atoms with Crippen molar-refractivity contribution in [3.8, 4) is 0 Å². The minimum atomic E-state index is 0.194. The molecule has 0 aromatic heterocycles. The molecule has 1 saturated carbocycles. The number of ketones is 1. The molecule has 4 heteroatoms. The highest BCUT2D eigenvalue weighted by Gasteiger charge is 2.35. The van der Waals surface area contributed by atoms with Gasteiger partial charge in [-0.1, -0.05) is 6.58 Å². The van der Waals surface area contributed by atoms with Crippen molar-refractivity contribution in [2.75, 3.05) is 33.0 Å². The van der Waals surface area contributed by atoms with Crippen molar-refractivity contribution in [1.82, 2.24) is 0 Å². The van der Waals surface area contributed by atoms with Crippen molar-refractivity contribution in [2.45, 2.75) is 26.2 Å². The van der Waals surface area contributed by atoms with Crippen LogP contribution >= 0.6 is 0 Å². The Bertz CT molecular complexity index is 278. The summed E-state index contributed by atoms with van der Waals surface area (Å²) in [5.74, 6) is 0.913. The van der Waals surface area contributed by atoms with Gasteiger partial charge in [-0.3, -0.25) is 4.79 Å². The summed E-state index contributed by atoms with van der Waals surface area (Å²) in [6.07, 6.45) is 3.10. The number of rotatable bonds is 10. The van der Waals surface area contributed by atoms with E-state index in [1.165, 1.54) is 0 Å². The van der Waals surface area contributed by atoms with E-state index in [2.05, 4.69) is 6.58 Å². The molecule has 0 saturated heterocycles. The Hall–Kier alpha value is -0.710. The predicted octanol–water partition coefficient (Wildman–Crippen LogP) is 1.54. The van der Waals surface area contributed by atoms with Crippen molar-refractivity contribution in [3.05, 3.63) is 12.2 Å². The van der Waals surface area contributed by atoms with E-state index in [4.69, 9.17) is 15.2 Å². The molecule has 2 unspecified atom stereocenters. The number of carbonyl (C=O) groups excluding carboxylic acids is 1. The fourth-order valence-corrected chi connectivity index (χ4v) is 2.22. The summed E-state index contributed by atoms with van der Waals surface area (Å²) in [5, 5.41) is 0. The average molecular weight is 255 g/mol. The summed E-state index contributed by atoms with van der Waals surface area (Å²) in [6.45, 7) is 8.55. The van der Waals surface area contributed by atoms with E-state index < -0.39 is 0 Å². The molecule has 4 nitrogen and oxygen atoms in total. The monoisotopic (exact) mass is 255 g/mol. The molecule has 0 spiro atoms. The van der Waals surface area contributed by atoms with Crippen molar-refractivity contribution >= 4 is 5.78 Å². The van der Waals surface area contributed by atoms with Crippen LogP contribution in [0.25, 0.3) is 0 Å². The molecule has 1 aliphatic rings. The van der Waals surface area contributed by atoms with Gasteiger partial charge in [-0.25, -0.2) is 0 Å². The molecule has 0 aromatic rings. The molecule has 0 aliphatic heterocycles. The molecule has 1 rings (SSSR count). The molecule has 2 N–H and O–H groups in total. The predicted molar refractivity (Wildman–Crippen MR) is 71.3 cm³/mol. The molecule has 0 aromatic carbocycles. The van der Waals surface area contributed by atoms with E-state index >= 15 is 0 Å². The Morgan fingerprint density at radius 1 is 1.22 bits per heavy atom. The molecule has 0 heterocycles. The molecule has 0 bridgehead atoms. The van der Waals surface area contributed by atoms with Crippen molar-refractivity contribution in [1.29, 1.82) is 0 Å². The lowest BCUT2D eigenvalue weighted by molar-refractivity contribution is -0.124. The van der Waals surface area contributed by atoms with Crippen LogP contribution in [0, 0.1) is 11.8 Å². The van der Waals surface area contributed by atoms with Crippen LogP contribution in [0.15, 0.2) is 12.2 Å². The van der Waals surface area contributed by atoms with E-state index in [9.17, 15) is 4.79 Å². The van der Waals surface area contributed by atoms with Crippen molar-refractivity contribution in [3.63, 3.8) is 0 Å². The maximum atomic E-state index is 11.8. The normalized spacial score (nSPS) is 22.6. The fourth-order valence-electron chi connectivity index (χ4n) is 2.22. The van der Waals surface area contributed by atoms with Crippen LogP contribution in [0.4, 0.5) is 0 Å². The number of ether oxygens (including phenoxy) is 2. The Balaban J connectivity index is 2.03. The van der Waals surface area contributed by atoms with Crippen LogP contribution in [-0.2, 0) is 14.3 Å².